The second kappa shape index (κ2) is 4.89. The molecule has 0 saturated carbocycles. The summed E-state index contributed by atoms with van der Waals surface area (Å²) in [5.74, 6) is 2.92. The fraction of sp³-hybridized carbons (Fsp3) is 0.200. The van der Waals surface area contributed by atoms with Gasteiger partial charge in [-0.15, -0.1) is 0 Å². The van der Waals surface area contributed by atoms with Crippen LogP contribution in [0.15, 0.2) is 36.4 Å². The van der Waals surface area contributed by atoms with E-state index < -0.39 is 0 Å². The molecule has 21 heavy (non-hydrogen) atoms. The van der Waals surface area contributed by atoms with Crippen LogP contribution in [0, 0.1) is 0 Å². The molecule has 2 aliphatic heterocycles. The van der Waals surface area contributed by atoms with E-state index in [1.54, 1.807) is 7.11 Å². The topological polar surface area (TPSA) is 46.2 Å². The van der Waals surface area contributed by atoms with Gasteiger partial charge in [0, 0.05) is 11.6 Å². The molecule has 5 nitrogen and oxygen atoms in total. The van der Waals surface area contributed by atoms with E-state index in [9.17, 15) is 0 Å². The molecule has 0 N–H and O–H groups in total. The maximum atomic E-state index is 5.64. The van der Waals surface area contributed by atoms with E-state index in [1.807, 2.05) is 36.4 Å². The number of benzene rings is 2. The largest absolute Gasteiger partial charge is 0.573 e. The van der Waals surface area contributed by atoms with E-state index in [-0.39, 0.29) is 12.9 Å². The van der Waals surface area contributed by atoms with Crippen LogP contribution in [0.3, 0.4) is 0 Å². The normalized spacial score (nSPS) is 18.4. The monoisotopic (exact) mass is 283 g/mol. The van der Waals surface area contributed by atoms with Gasteiger partial charge in [0.15, 0.2) is 11.5 Å². The SMILES string of the molecule is COc1ccc(C2O[B]Oc3cc4c(cc32)OCO4)cc1. The standard InChI is InChI=1S/C15H12BO5/c1-17-10-4-2-9(3-5-10)15-11-6-13-14(19-8-18-13)7-12(11)20-16-21-15/h2-7,15H,8H2,1H3. The van der Waals surface area contributed by atoms with Gasteiger partial charge in [-0.2, -0.15) is 0 Å². The van der Waals surface area contributed by atoms with Crippen molar-refractivity contribution in [1.82, 2.24) is 0 Å². The van der Waals surface area contributed by atoms with Gasteiger partial charge in [-0.1, -0.05) is 12.1 Å². The lowest BCUT2D eigenvalue weighted by Gasteiger charge is -2.26. The van der Waals surface area contributed by atoms with Crippen LogP contribution in [0.2, 0.25) is 0 Å². The summed E-state index contributed by atoms with van der Waals surface area (Å²) in [4.78, 5) is 0. The molecule has 6 heteroatoms. The third kappa shape index (κ3) is 2.08. The Morgan fingerprint density at radius 2 is 1.81 bits per heavy atom. The van der Waals surface area contributed by atoms with Crippen molar-refractivity contribution in [1.29, 1.82) is 0 Å². The lowest BCUT2D eigenvalue weighted by atomic mass is 9.97. The van der Waals surface area contributed by atoms with E-state index in [4.69, 9.17) is 23.5 Å². The molecule has 0 amide bonds. The van der Waals surface area contributed by atoms with Crippen molar-refractivity contribution in [2.45, 2.75) is 6.10 Å². The molecule has 4 rings (SSSR count). The van der Waals surface area contributed by atoms with Crippen molar-refractivity contribution < 1.29 is 23.5 Å². The first-order valence-corrected chi connectivity index (χ1v) is 6.56. The van der Waals surface area contributed by atoms with Crippen LogP contribution < -0.4 is 18.9 Å². The Hall–Kier alpha value is -2.34. The molecule has 2 aromatic carbocycles. The third-order valence-corrected chi connectivity index (χ3v) is 3.57. The van der Waals surface area contributed by atoms with Crippen molar-refractivity contribution in [2.24, 2.45) is 0 Å². The van der Waals surface area contributed by atoms with Crippen LogP contribution >= 0.6 is 0 Å². The van der Waals surface area contributed by atoms with Gasteiger partial charge in [0.05, 0.1) is 13.2 Å². The highest BCUT2D eigenvalue weighted by molar-refractivity contribution is 6.20. The number of fused-ring (bicyclic) bond motifs is 2. The molecule has 2 heterocycles. The Bertz CT molecular complexity index is 671. The number of hydrogen-bond donors (Lipinski definition) is 0. The maximum absolute atomic E-state index is 5.64. The van der Waals surface area contributed by atoms with Gasteiger partial charge in [0.25, 0.3) is 0 Å². The highest BCUT2D eigenvalue weighted by Gasteiger charge is 2.29. The van der Waals surface area contributed by atoms with Gasteiger partial charge in [-0.05, 0) is 23.8 Å². The quantitative estimate of drug-likeness (QED) is 0.792. The molecular formula is C15H12BO5. The predicted octanol–water partition coefficient (Wildman–Crippen LogP) is 2.46. The summed E-state index contributed by atoms with van der Waals surface area (Å²) in [5.41, 5.74) is 1.92. The van der Waals surface area contributed by atoms with Crippen molar-refractivity contribution in [3.8, 4) is 23.0 Å². The zero-order valence-electron chi connectivity index (χ0n) is 11.4. The molecule has 105 valence electrons. The Balaban J connectivity index is 1.75. The lowest BCUT2D eigenvalue weighted by Crippen LogP contribution is -2.21. The molecule has 0 spiro atoms. The zero-order valence-corrected chi connectivity index (χ0v) is 11.4. The maximum Gasteiger partial charge on any atom is 0.573 e. The van der Waals surface area contributed by atoms with Crippen LogP contribution in [0.25, 0.3) is 0 Å². The number of rotatable bonds is 2. The van der Waals surface area contributed by atoms with Crippen LogP contribution in [-0.2, 0) is 4.65 Å². The zero-order chi connectivity index (χ0) is 14.2. The van der Waals surface area contributed by atoms with Gasteiger partial charge < -0.3 is 23.5 Å². The van der Waals surface area contributed by atoms with Gasteiger partial charge in [0.1, 0.15) is 11.5 Å². The summed E-state index contributed by atoms with van der Waals surface area (Å²) in [6.07, 6.45) is -0.242. The molecule has 2 aromatic rings. The fourth-order valence-corrected chi connectivity index (χ4v) is 2.49. The summed E-state index contributed by atoms with van der Waals surface area (Å²) >= 11 is 0. The Labute approximate surface area is 122 Å². The highest BCUT2D eigenvalue weighted by atomic mass is 16.7. The number of methoxy groups -OCH3 is 1. The smallest absolute Gasteiger partial charge is 0.537 e. The first-order chi connectivity index (χ1) is 10.3. The molecule has 1 unspecified atom stereocenters. The fourth-order valence-electron chi connectivity index (χ4n) is 2.49. The van der Waals surface area contributed by atoms with Crippen LogP contribution in [0.4, 0.5) is 0 Å². The van der Waals surface area contributed by atoms with Crippen molar-refractivity contribution in [3.05, 3.63) is 47.5 Å². The predicted molar refractivity (Wildman–Crippen MR) is 74.9 cm³/mol. The average molecular weight is 283 g/mol. The minimum Gasteiger partial charge on any atom is -0.537 e. The number of hydrogen-bond acceptors (Lipinski definition) is 5. The van der Waals surface area contributed by atoms with Gasteiger partial charge >= 0.3 is 7.69 Å². The molecular weight excluding hydrogens is 271 g/mol. The Morgan fingerprint density at radius 1 is 1.05 bits per heavy atom. The molecule has 1 atom stereocenters. The molecule has 0 aliphatic carbocycles. The second-order valence-corrected chi connectivity index (χ2v) is 4.75. The molecule has 0 fully saturated rings. The van der Waals surface area contributed by atoms with Gasteiger partial charge in [-0.3, -0.25) is 0 Å². The van der Waals surface area contributed by atoms with Crippen LogP contribution in [0.1, 0.15) is 17.2 Å². The Kier molecular flexibility index (Phi) is 2.89. The van der Waals surface area contributed by atoms with Gasteiger partial charge in [0.2, 0.25) is 6.79 Å². The molecule has 0 aromatic heterocycles. The first-order valence-electron chi connectivity index (χ1n) is 6.56. The van der Waals surface area contributed by atoms with Gasteiger partial charge in [-0.25, -0.2) is 0 Å². The minimum atomic E-state index is -0.242. The van der Waals surface area contributed by atoms with E-state index in [0.717, 1.165) is 16.9 Å². The summed E-state index contributed by atoms with van der Waals surface area (Å²) in [6.45, 7) is 0.232. The van der Waals surface area contributed by atoms with Crippen molar-refractivity contribution in [2.75, 3.05) is 13.9 Å². The van der Waals surface area contributed by atoms with E-state index in [0.29, 0.717) is 17.2 Å². The lowest BCUT2D eigenvalue weighted by molar-refractivity contribution is 0.174. The summed E-state index contributed by atoms with van der Waals surface area (Å²) in [6, 6.07) is 11.5. The average Bonchev–Trinajstić information content (AvgIpc) is 2.99. The molecule has 2 aliphatic rings. The Morgan fingerprint density at radius 3 is 2.57 bits per heavy atom. The third-order valence-electron chi connectivity index (χ3n) is 3.57. The molecule has 0 bridgehead atoms. The minimum absolute atomic E-state index is 0.232. The molecule has 1 radical (unpaired) electrons. The van der Waals surface area contributed by atoms with E-state index >= 15 is 0 Å². The first kappa shape index (κ1) is 12.4. The van der Waals surface area contributed by atoms with E-state index in [1.165, 1.54) is 7.69 Å². The highest BCUT2D eigenvalue weighted by Crippen LogP contribution is 2.44. The van der Waals surface area contributed by atoms with Crippen LogP contribution in [0.5, 0.6) is 23.0 Å². The van der Waals surface area contributed by atoms with Crippen LogP contribution in [-0.4, -0.2) is 21.6 Å². The summed E-state index contributed by atoms with van der Waals surface area (Å²) < 4.78 is 27.0. The van der Waals surface area contributed by atoms with Crippen molar-refractivity contribution >= 4 is 7.69 Å². The summed E-state index contributed by atoms with van der Waals surface area (Å²) in [7, 11) is 2.99. The molecule has 0 saturated heterocycles. The number of ether oxygens (including phenoxy) is 3. The van der Waals surface area contributed by atoms with Crippen molar-refractivity contribution in [3.63, 3.8) is 0 Å². The van der Waals surface area contributed by atoms with E-state index in [2.05, 4.69) is 0 Å². The second-order valence-electron chi connectivity index (χ2n) is 4.75. The summed E-state index contributed by atoms with van der Waals surface area (Å²) in [5, 5.41) is 0.